The number of carbonyl (C=O) groups excluding carboxylic acids is 1. The van der Waals surface area contributed by atoms with Crippen LogP contribution in [0.15, 0.2) is 12.2 Å². The fourth-order valence-electron chi connectivity index (χ4n) is 6.94. The van der Waals surface area contributed by atoms with Crippen molar-refractivity contribution < 1.29 is 33.5 Å². The number of aliphatic hydroxyl groups excluding tert-OH is 2. The van der Waals surface area contributed by atoms with Crippen molar-refractivity contribution in [3.8, 4) is 0 Å². The fourth-order valence-corrected chi connectivity index (χ4v) is 7.70. The van der Waals surface area contributed by atoms with E-state index in [1.807, 2.05) is 6.08 Å². The zero-order valence-corrected chi connectivity index (χ0v) is 36.2. The standard InChI is InChI=1S/C44H89N2O7P/c1-3-5-7-9-11-13-15-17-18-19-20-21-22-23-24-26-28-30-32-34-36-43(48)42(40-53-54(50,51)52-38-37-45)46-44(49)39-41(47)35-33-31-29-27-25-16-14-12-10-8-6-4-2/h34,36,41-43,47-48H,3-33,35,37-40,45H2,1-2H3,(H,46,49)(H,50,51)/b36-34+. The van der Waals surface area contributed by atoms with Crippen molar-refractivity contribution in [2.24, 2.45) is 5.73 Å². The summed E-state index contributed by atoms with van der Waals surface area (Å²) in [6.07, 6.45) is 41.5. The van der Waals surface area contributed by atoms with Crippen molar-refractivity contribution in [1.29, 1.82) is 0 Å². The van der Waals surface area contributed by atoms with Crippen LogP contribution in [0.2, 0.25) is 0 Å². The van der Waals surface area contributed by atoms with Gasteiger partial charge in [-0.1, -0.05) is 212 Å². The molecule has 0 aromatic heterocycles. The van der Waals surface area contributed by atoms with Crippen molar-refractivity contribution >= 4 is 13.7 Å². The van der Waals surface area contributed by atoms with Crippen molar-refractivity contribution in [2.45, 2.75) is 244 Å². The van der Waals surface area contributed by atoms with Crippen LogP contribution in [0, 0.1) is 0 Å². The maximum absolute atomic E-state index is 12.8. The third kappa shape index (κ3) is 38.1. The molecule has 6 N–H and O–H groups in total. The lowest BCUT2D eigenvalue weighted by Gasteiger charge is -2.24. The molecule has 0 rings (SSSR count). The average Bonchev–Trinajstić information content (AvgIpc) is 3.15. The van der Waals surface area contributed by atoms with Crippen LogP contribution in [0.1, 0.15) is 226 Å². The molecule has 0 spiro atoms. The van der Waals surface area contributed by atoms with Crippen molar-refractivity contribution in [3.05, 3.63) is 12.2 Å². The molecule has 0 saturated heterocycles. The summed E-state index contributed by atoms with van der Waals surface area (Å²) in [6, 6.07) is -0.977. The van der Waals surface area contributed by atoms with Gasteiger partial charge in [0.15, 0.2) is 0 Å². The molecular formula is C44H89N2O7P. The number of carbonyl (C=O) groups is 1. The Morgan fingerprint density at radius 2 is 1.02 bits per heavy atom. The molecule has 0 aliphatic carbocycles. The highest BCUT2D eigenvalue weighted by Crippen LogP contribution is 2.43. The first-order valence-electron chi connectivity index (χ1n) is 22.9. The molecule has 54 heavy (non-hydrogen) atoms. The van der Waals surface area contributed by atoms with Crippen LogP contribution in [0.25, 0.3) is 0 Å². The van der Waals surface area contributed by atoms with Gasteiger partial charge in [-0.15, -0.1) is 0 Å². The summed E-state index contributed by atoms with van der Waals surface area (Å²) in [5.74, 6) is -0.443. The van der Waals surface area contributed by atoms with E-state index in [4.69, 9.17) is 14.8 Å². The Hall–Kier alpha value is -0.800. The lowest BCUT2D eigenvalue weighted by Crippen LogP contribution is -2.46. The number of hydrogen-bond acceptors (Lipinski definition) is 7. The lowest BCUT2D eigenvalue weighted by atomic mass is 10.0. The van der Waals surface area contributed by atoms with Crippen molar-refractivity contribution in [1.82, 2.24) is 5.32 Å². The monoisotopic (exact) mass is 789 g/mol. The molecule has 0 aliphatic heterocycles. The third-order valence-electron chi connectivity index (χ3n) is 10.4. The summed E-state index contributed by atoms with van der Waals surface area (Å²) in [4.78, 5) is 22.8. The quantitative estimate of drug-likeness (QED) is 0.0233. The Morgan fingerprint density at radius 1 is 0.630 bits per heavy atom. The molecule has 0 aromatic rings. The predicted molar refractivity (Wildman–Crippen MR) is 228 cm³/mol. The van der Waals surface area contributed by atoms with Gasteiger partial charge in [0.25, 0.3) is 0 Å². The number of aliphatic hydroxyl groups is 2. The van der Waals surface area contributed by atoms with E-state index in [0.717, 1.165) is 38.5 Å². The Balaban J connectivity index is 4.25. The minimum absolute atomic E-state index is 0.0515. The molecule has 0 aliphatic rings. The average molecular weight is 789 g/mol. The first-order chi connectivity index (χ1) is 26.3. The maximum Gasteiger partial charge on any atom is 0.472 e. The summed E-state index contributed by atoms with van der Waals surface area (Å²) >= 11 is 0. The molecule has 4 atom stereocenters. The van der Waals surface area contributed by atoms with Crippen LogP contribution in [0.4, 0.5) is 0 Å². The Kier molecular flexibility index (Phi) is 39.8. The number of nitrogens with one attached hydrogen (secondary N) is 1. The second-order valence-corrected chi connectivity index (χ2v) is 17.3. The van der Waals surface area contributed by atoms with E-state index in [1.54, 1.807) is 6.08 Å². The van der Waals surface area contributed by atoms with Gasteiger partial charge in [0.2, 0.25) is 5.91 Å². The molecule has 1 amide bonds. The van der Waals surface area contributed by atoms with E-state index < -0.39 is 38.6 Å². The molecule has 10 heteroatoms. The van der Waals surface area contributed by atoms with Crippen molar-refractivity contribution in [2.75, 3.05) is 19.8 Å². The highest BCUT2D eigenvalue weighted by Gasteiger charge is 2.27. The number of phosphoric ester groups is 1. The van der Waals surface area contributed by atoms with Crippen LogP contribution in [-0.2, 0) is 18.4 Å². The van der Waals surface area contributed by atoms with Gasteiger partial charge < -0.3 is 26.2 Å². The largest absolute Gasteiger partial charge is 0.472 e. The third-order valence-corrected chi connectivity index (χ3v) is 11.4. The second-order valence-electron chi connectivity index (χ2n) is 15.8. The number of rotatable bonds is 43. The molecule has 9 nitrogen and oxygen atoms in total. The summed E-state index contributed by atoms with van der Waals surface area (Å²) in [7, 11) is -4.39. The minimum Gasteiger partial charge on any atom is -0.393 e. The molecule has 0 saturated carbocycles. The number of allylic oxidation sites excluding steroid dienone is 1. The normalized spacial score (nSPS) is 14.7. The maximum atomic E-state index is 12.8. The van der Waals surface area contributed by atoms with E-state index in [1.165, 1.54) is 161 Å². The highest BCUT2D eigenvalue weighted by atomic mass is 31.2. The molecule has 0 radical (unpaired) electrons. The second kappa shape index (κ2) is 40.4. The Morgan fingerprint density at radius 3 is 1.43 bits per heavy atom. The van der Waals surface area contributed by atoms with Gasteiger partial charge in [-0.3, -0.25) is 13.8 Å². The zero-order valence-electron chi connectivity index (χ0n) is 35.3. The first-order valence-corrected chi connectivity index (χ1v) is 24.4. The van der Waals surface area contributed by atoms with Crippen LogP contribution in [-0.4, -0.2) is 59.0 Å². The number of phosphoric acid groups is 1. The SMILES string of the molecule is CCCCCCCCCCCCCCCCCCCC/C=C/C(O)C(COP(=O)(O)OCCN)NC(=O)CC(O)CCCCCCCCCCCCCC. The van der Waals surface area contributed by atoms with Gasteiger partial charge in [0, 0.05) is 6.54 Å². The zero-order chi connectivity index (χ0) is 39.8. The number of nitrogens with two attached hydrogens (primary N) is 1. The van der Waals surface area contributed by atoms with Gasteiger partial charge >= 0.3 is 7.82 Å². The number of unbranched alkanes of at least 4 members (excludes halogenated alkanes) is 29. The number of hydrogen-bond donors (Lipinski definition) is 5. The summed E-state index contributed by atoms with van der Waals surface area (Å²) in [5.41, 5.74) is 5.37. The van der Waals surface area contributed by atoms with Crippen molar-refractivity contribution in [3.63, 3.8) is 0 Å². The molecule has 322 valence electrons. The summed E-state index contributed by atoms with van der Waals surface area (Å²) < 4.78 is 22.1. The van der Waals surface area contributed by atoms with E-state index in [-0.39, 0.29) is 19.6 Å². The van der Waals surface area contributed by atoms with Gasteiger partial charge in [0.05, 0.1) is 37.9 Å². The fraction of sp³-hybridized carbons (Fsp3) is 0.932. The van der Waals surface area contributed by atoms with E-state index in [9.17, 15) is 24.5 Å². The lowest BCUT2D eigenvalue weighted by molar-refractivity contribution is -0.124. The van der Waals surface area contributed by atoms with E-state index in [0.29, 0.717) is 6.42 Å². The molecule has 4 unspecified atom stereocenters. The molecule has 0 fully saturated rings. The minimum atomic E-state index is -4.39. The van der Waals surface area contributed by atoms with Crippen LogP contribution in [0.3, 0.4) is 0 Å². The molecular weight excluding hydrogens is 699 g/mol. The smallest absolute Gasteiger partial charge is 0.393 e. The van der Waals surface area contributed by atoms with Gasteiger partial charge in [-0.2, -0.15) is 0 Å². The van der Waals surface area contributed by atoms with E-state index in [2.05, 4.69) is 19.2 Å². The van der Waals surface area contributed by atoms with Crippen LogP contribution >= 0.6 is 7.82 Å². The van der Waals surface area contributed by atoms with Gasteiger partial charge in [-0.25, -0.2) is 4.57 Å². The van der Waals surface area contributed by atoms with E-state index >= 15 is 0 Å². The molecule has 0 bridgehead atoms. The molecule has 0 heterocycles. The van der Waals surface area contributed by atoms with Gasteiger partial charge in [0.1, 0.15) is 0 Å². The first kappa shape index (κ1) is 53.2. The highest BCUT2D eigenvalue weighted by molar-refractivity contribution is 7.47. The summed E-state index contributed by atoms with van der Waals surface area (Å²) in [6.45, 7) is 3.99. The predicted octanol–water partition coefficient (Wildman–Crippen LogP) is 11.8. The Labute approximate surface area is 333 Å². The molecule has 0 aromatic carbocycles. The topological polar surface area (TPSA) is 151 Å². The van der Waals surface area contributed by atoms with Gasteiger partial charge in [-0.05, 0) is 19.3 Å². The van der Waals surface area contributed by atoms with Crippen LogP contribution < -0.4 is 11.1 Å². The summed E-state index contributed by atoms with van der Waals surface area (Å²) in [5, 5.41) is 24.1. The van der Waals surface area contributed by atoms with Crippen LogP contribution in [0.5, 0.6) is 0 Å². The number of amides is 1. The Bertz CT molecular complexity index is 878.